The summed E-state index contributed by atoms with van der Waals surface area (Å²) in [5.41, 5.74) is 0.520. The van der Waals surface area contributed by atoms with Gasteiger partial charge in [-0.3, -0.25) is 0 Å². The van der Waals surface area contributed by atoms with E-state index < -0.39 is 0 Å². The SMILES string of the molecule is CC(C)C1CC(C)C1C(C)(C)C. The monoisotopic (exact) mass is 168 g/mol. The van der Waals surface area contributed by atoms with Gasteiger partial charge in [0.05, 0.1) is 0 Å². The standard InChI is InChI=1S/C12H24/c1-8(2)10-7-9(3)11(10)12(4,5)6/h8-11H,7H2,1-6H3. The van der Waals surface area contributed by atoms with Gasteiger partial charge in [0.25, 0.3) is 0 Å². The molecule has 0 aliphatic heterocycles. The van der Waals surface area contributed by atoms with Gasteiger partial charge in [-0.2, -0.15) is 0 Å². The van der Waals surface area contributed by atoms with Crippen molar-refractivity contribution >= 4 is 0 Å². The van der Waals surface area contributed by atoms with Gasteiger partial charge in [0.15, 0.2) is 0 Å². The largest absolute Gasteiger partial charge is 0.0625 e. The third kappa shape index (κ3) is 1.67. The Hall–Kier alpha value is 0. The Morgan fingerprint density at radius 3 is 1.83 bits per heavy atom. The highest BCUT2D eigenvalue weighted by Crippen LogP contribution is 2.52. The van der Waals surface area contributed by atoms with E-state index in [1.54, 1.807) is 0 Å². The molecule has 1 rings (SSSR count). The van der Waals surface area contributed by atoms with Gasteiger partial charge >= 0.3 is 0 Å². The molecule has 0 aromatic rings. The topological polar surface area (TPSA) is 0 Å². The van der Waals surface area contributed by atoms with Crippen molar-refractivity contribution in [2.24, 2.45) is 29.1 Å². The lowest BCUT2D eigenvalue weighted by molar-refractivity contribution is -0.0344. The van der Waals surface area contributed by atoms with Gasteiger partial charge in [-0.05, 0) is 35.5 Å². The summed E-state index contributed by atoms with van der Waals surface area (Å²) in [6, 6.07) is 0. The Morgan fingerprint density at radius 2 is 1.67 bits per heavy atom. The van der Waals surface area contributed by atoms with Gasteiger partial charge in [-0.25, -0.2) is 0 Å². The van der Waals surface area contributed by atoms with Crippen molar-refractivity contribution in [3.8, 4) is 0 Å². The summed E-state index contributed by atoms with van der Waals surface area (Å²) in [6.45, 7) is 14.3. The minimum absolute atomic E-state index is 0.520. The first-order chi connectivity index (χ1) is 5.34. The number of hydrogen-bond acceptors (Lipinski definition) is 0. The lowest BCUT2D eigenvalue weighted by atomic mass is 9.53. The molecule has 0 radical (unpaired) electrons. The minimum Gasteiger partial charge on any atom is -0.0625 e. The van der Waals surface area contributed by atoms with Crippen LogP contribution in [0.3, 0.4) is 0 Å². The van der Waals surface area contributed by atoms with E-state index in [1.807, 2.05) is 0 Å². The van der Waals surface area contributed by atoms with Crippen LogP contribution in [0.15, 0.2) is 0 Å². The highest BCUT2D eigenvalue weighted by atomic mass is 14.5. The average Bonchev–Trinajstić information content (AvgIpc) is 1.77. The van der Waals surface area contributed by atoms with Crippen LogP contribution < -0.4 is 0 Å². The van der Waals surface area contributed by atoms with Crippen LogP contribution in [0.2, 0.25) is 0 Å². The summed E-state index contributed by atoms with van der Waals surface area (Å²) in [4.78, 5) is 0. The average molecular weight is 168 g/mol. The maximum atomic E-state index is 2.41. The van der Waals surface area contributed by atoms with E-state index in [2.05, 4.69) is 41.5 Å². The van der Waals surface area contributed by atoms with Crippen molar-refractivity contribution in [2.45, 2.75) is 48.0 Å². The van der Waals surface area contributed by atoms with Crippen LogP contribution in [0.25, 0.3) is 0 Å². The predicted molar refractivity (Wildman–Crippen MR) is 55.1 cm³/mol. The number of hydrogen-bond donors (Lipinski definition) is 0. The van der Waals surface area contributed by atoms with E-state index in [-0.39, 0.29) is 0 Å². The summed E-state index contributed by atoms with van der Waals surface area (Å²) >= 11 is 0. The maximum Gasteiger partial charge on any atom is -0.0309 e. The van der Waals surface area contributed by atoms with E-state index in [0.29, 0.717) is 5.41 Å². The zero-order chi connectivity index (χ0) is 9.52. The molecule has 0 aromatic carbocycles. The van der Waals surface area contributed by atoms with E-state index in [4.69, 9.17) is 0 Å². The van der Waals surface area contributed by atoms with Crippen LogP contribution in [0, 0.1) is 29.1 Å². The van der Waals surface area contributed by atoms with Gasteiger partial charge in [-0.15, -0.1) is 0 Å². The third-order valence-corrected chi connectivity index (χ3v) is 3.57. The van der Waals surface area contributed by atoms with Crippen molar-refractivity contribution in [1.29, 1.82) is 0 Å². The molecule has 0 heterocycles. The molecule has 3 unspecified atom stereocenters. The molecule has 72 valence electrons. The molecule has 1 saturated carbocycles. The molecule has 0 saturated heterocycles. The van der Waals surface area contributed by atoms with Crippen LogP contribution in [0.4, 0.5) is 0 Å². The van der Waals surface area contributed by atoms with E-state index in [9.17, 15) is 0 Å². The molecule has 0 spiro atoms. The molecule has 0 aromatic heterocycles. The first kappa shape index (κ1) is 10.1. The first-order valence-corrected chi connectivity index (χ1v) is 5.34. The zero-order valence-electron chi connectivity index (χ0n) is 9.52. The normalized spacial score (nSPS) is 36.8. The molecule has 0 amide bonds. The van der Waals surface area contributed by atoms with Gasteiger partial charge in [0.1, 0.15) is 0 Å². The summed E-state index contributed by atoms with van der Waals surface area (Å²) in [7, 11) is 0. The Morgan fingerprint density at radius 1 is 1.17 bits per heavy atom. The van der Waals surface area contributed by atoms with Crippen molar-refractivity contribution < 1.29 is 0 Å². The van der Waals surface area contributed by atoms with Gasteiger partial charge in [0, 0.05) is 0 Å². The molecule has 0 heteroatoms. The van der Waals surface area contributed by atoms with Crippen molar-refractivity contribution in [1.82, 2.24) is 0 Å². The van der Waals surface area contributed by atoms with Crippen LogP contribution in [-0.4, -0.2) is 0 Å². The summed E-state index contributed by atoms with van der Waals surface area (Å²) < 4.78 is 0. The lowest BCUT2D eigenvalue weighted by Crippen LogP contribution is -2.45. The summed E-state index contributed by atoms with van der Waals surface area (Å²) in [5, 5.41) is 0. The third-order valence-electron chi connectivity index (χ3n) is 3.57. The molecule has 1 aliphatic rings. The van der Waals surface area contributed by atoms with E-state index >= 15 is 0 Å². The Bertz CT molecular complexity index is 150. The van der Waals surface area contributed by atoms with Crippen LogP contribution >= 0.6 is 0 Å². The molecule has 3 atom stereocenters. The lowest BCUT2D eigenvalue weighted by Gasteiger charge is -2.52. The second-order valence-electron chi connectivity index (χ2n) is 6.01. The minimum atomic E-state index is 0.520. The molecular formula is C12H24. The van der Waals surface area contributed by atoms with E-state index in [0.717, 1.165) is 23.7 Å². The van der Waals surface area contributed by atoms with Gasteiger partial charge in [0.2, 0.25) is 0 Å². The van der Waals surface area contributed by atoms with Crippen LogP contribution in [0.5, 0.6) is 0 Å². The Labute approximate surface area is 77.7 Å². The Kier molecular flexibility index (Phi) is 2.56. The quantitative estimate of drug-likeness (QED) is 0.556. The molecule has 1 aliphatic carbocycles. The number of rotatable bonds is 1. The predicted octanol–water partition coefficient (Wildman–Crippen LogP) is 3.96. The zero-order valence-corrected chi connectivity index (χ0v) is 9.52. The molecule has 0 bridgehead atoms. The van der Waals surface area contributed by atoms with Crippen LogP contribution in [-0.2, 0) is 0 Å². The molecule has 0 N–H and O–H groups in total. The molecular weight excluding hydrogens is 144 g/mol. The molecule has 1 fully saturated rings. The van der Waals surface area contributed by atoms with Crippen LogP contribution in [0.1, 0.15) is 48.0 Å². The smallest absolute Gasteiger partial charge is 0.0309 e. The highest BCUT2D eigenvalue weighted by molar-refractivity contribution is 4.94. The van der Waals surface area contributed by atoms with Crippen molar-refractivity contribution in [2.75, 3.05) is 0 Å². The summed E-state index contributed by atoms with van der Waals surface area (Å²) in [5.74, 6) is 3.78. The fourth-order valence-electron chi connectivity index (χ4n) is 3.13. The maximum absolute atomic E-state index is 2.41. The fourth-order valence-corrected chi connectivity index (χ4v) is 3.13. The Balaban J connectivity index is 2.62. The van der Waals surface area contributed by atoms with E-state index in [1.165, 1.54) is 6.42 Å². The highest BCUT2D eigenvalue weighted by Gasteiger charge is 2.45. The van der Waals surface area contributed by atoms with Crippen molar-refractivity contribution in [3.63, 3.8) is 0 Å². The van der Waals surface area contributed by atoms with Gasteiger partial charge in [-0.1, -0.05) is 41.5 Å². The molecule has 12 heavy (non-hydrogen) atoms. The molecule has 0 nitrogen and oxygen atoms in total. The fraction of sp³-hybridized carbons (Fsp3) is 1.00. The summed E-state index contributed by atoms with van der Waals surface area (Å²) in [6.07, 6.45) is 1.46. The first-order valence-electron chi connectivity index (χ1n) is 5.34. The van der Waals surface area contributed by atoms with Crippen molar-refractivity contribution in [3.05, 3.63) is 0 Å². The van der Waals surface area contributed by atoms with Gasteiger partial charge < -0.3 is 0 Å². The second kappa shape index (κ2) is 3.05. The second-order valence-corrected chi connectivity index (χ2v) is 6.01.